The molecule has 0 N–H and O–H groups in total. The third-order valence-corrected chi connectivity index (χ3v) is 6.30. The summed E-state index contributed by atoms with van der Waals surface area (Å²) in [6.45, 7) is 4.16. The second-order valence-electron chi connectivity index (χ2n) is 6.41. The van der Waals surface area contributed by atoms with E-state index in [0.29, 0.717) is 10.1 Å². The van der Waals surface area contributed by atoms with E-state index >= 15 is 0 Å². The zero-order chi connectivity index (χ0) is 20.4. The number of aryl methyl sites for hydroxylation is 2. The Bertz CT molecular complexity index is 1200. The Kier molecular flexibility index (Phi) is 5.37. The van der Waals surface area contributed by atoms with Gasteiger partial charge in [-0.05, 0) is 72.6 Å². The van der Waals surface area contributed by atoms with Gasteiger partial charge in [0.25, 0.3) is 5.69 Å². The number of rotatable bonds is 5. The quantitative estimate of drug-likeness (QED) is 0.226. The lowest BCUT2D eigenvalue weighted by Crippen LogP contribution is -1.93. The van der Waals surface area contributed by atoms with Gasteiger partial charge in [-0.15, -0.1) is 11.3 Å². The first kappa shape index (κ1) is 19.2. The molecule has 0 atom stereocenters. The summed E-state index contributed by atoms with van der Waals surface area (Å²) in [7, 11) is 0. The lowest BCUT2D eigenvalue weighted by atomic mass is 10.1. The average Bonchev–Trinajstić information content (AvgIpc) is 3.09. The van der Waals surface area contributed by atoms with Crippen molar-refractivity contribution in [3.05, 3.63) is 80.6 Å². The van der Waals surface area contributed by atoms with Crippen molar-refractivity contribution in [3.8, 4) is 0 Å². The van der Waals surface area contributed by atoms with Gasteiger partial charge in [-0.1, -0.05) is 12.1 Å². The number of benzene rings is 2. The third-order valence-electron chi connectivity index (χ3n) is 4.36. The van der Waals surface area contributed by atoms with Crippen LogP contribution in [0.25, 0.3) is 22.4 Å². The molecule has 4 rings (SSSR count). The molecule has 0 saturated heterocycles. The molecule has 0 amide bonds. The maximum Gasteiger partial charge on any atom is 0.283 e. The Morgan fingerprint density at radius 1 is 1.07 bits per heavy atom. The van der Waals surface area contributed by atoms with Crippen LogP contribution >= 0.6 is 23.1 Å². The highest BCUT2D eigenvalue weighted by atomic mass is 32.2. The average molecular weight is 421 g/mol. The molecule has 0 radical (unpaired) electrons. The van der Waals surface area contributed by atoms with Crippen LogP contribution in [0.4, 0.5) is 5.69 Å². The Morgan fingerprint density at radius 2 is 1.83 bits per heavy atom. The fraction of sp³-hybridized carbons (Fsp3) is 0.0952. The molecular formula is C21H16N4O2S2. The summed E-state index contributed by atoms with van der Waals surface area (Å²) >= 11 is 2.78. The normalized spacial score (nSPS) is 11.4. The summed E-state index contributed by atoms with van der Waals surface area (Å²) in [5, 5.41) is 12.9. The topological polar surface area (TPSA) is 81.8 Å². The Labute approximate surface area is 175 Å². The number of fused-ring (bicyclic) bond motifs is 1. The largest absolute Gasteiger partial charge is 0.283 e. The molecule has 0 fully saturated rings. The predicted molar refractivity (Wildman–Crippen MR) is 117 cm³/mol. The van der Waals surface area contributed by atoms with E-state index in [4.69, 9.17) is 0 Å². The van der Waals surface area contributed by atoms with Crippen LogP contribution in [0.2, 0.25) is 0 Å². The molecule has 144 valence electrons. The fourth-order valence-electron chi connectivity index (χ4n) is 2.74. The molecular weight excluding hydrogens is 404 g/mol. The van der Waals surface area contributed by atoms with Gasteiger partial charge in [0.2, 0.25) is 0 Å². The summed E-state index contributed by atoms with van der Waals surface area (Å²) in [6.07, 6.45) is 6.96. The summed E-state index contributed by atoms with van der Waals surface area (Å²) in [5.41, 5.74) is 4.19. The van der Waals surface area contributed by atoms with E-state index in [1.165, 1.54) is 22.9 Å². The van der Waals surface area contributed by atoms with Crippen molar-refractivity contribution in [1.29, 1.82) is 0 Å². The predicted octanol–water partition coefficient (Wildman–Crippen LogP) is 5.93. The molecule has 0 unspecified atom stereocenters. The van der Waals surface area contributed by atoms with Crippen LogP contribution in [0.15, 0.2) is 58.8 Å². The molecule has 0 aliphatic rings. The van der Waals surface area contributed by atoms with Crippen molar-refractivity contribution in [2.45, 2.75) is 23.9 Å². The van der Waals surface area contributed by atoms with Crippen molar-refractivity contribution < 1.29 is 4.92 Å². The fourth-order valence-corrected chi connectivity index (χ4v) is 4.49. The minimum atomic E-state index is -0.383. The van der Waals surface area contributed by atoms with Gasteiger partial charge in [0.05, 0.1) is 20.0 Å². The van der Waals surface area contributed by atoms with Crippen LogP contribution in [-0.4, -0.2) is 19.9 Å². The van der Waals surface area contributed by atoms with Crippen LogP contribution in [-0.2, 0) is 0 Å². The number of nitro groups is 1. The molecule has 0 aliphatic carbocycles. The van der Waals surface area contributed by atoms with E-state index in [9.17, 15) is 10.1 Å². The van der Waals surface area contributed by atoms with E-state index < -0.39 is 0 Å². The lowest BCUT2D eigenvalue weighted by Gasteiger charge is -2.02. The van der Waals surface area contributed by atoms with Crippen molar-refractivity contribution in [2.24, 2.45) is 0 Å². The van der Waals surface area contributed by atoms with Gasteiger partial charge in [0.15, 0.2) is 5.16 Å². The molecule has 0 spiro atoms. The lowest BCUT2D eigenvalue weighted by molar-refractivity contribution is -0.387. The zero-order valence-electron chi connectivity index (χ0n) is 15.7. The number of aromatic nitrogens is 3. The number of nitrogens with zero attached hydrogens (tertiary/aromatic N) is 4. The molecule has 29 heavy (non-hydrogen) atoms. The van der Waals surface area contributed by atoms with Gasteiger partial charge in [0, 0.05) is 18.5 Å². The van der Waals surface area contributed by atoms with Crippen LogP contribution in [0, 0.1) is 24.0 Å². The van der Waals surface area contributed by atoms with Crippen LogP contribution in [0.1, 0.15) is 21.7 Å². The minimum Gasteiger partial charge on any atom is -0.258 e. The molecule has 4 aromatic rings. The molecule has 0 saturated carbocycles. The van der Waals surface area contributed by atoms with E-state index in [1.807, 2.05) is 18.2 Å². The number of thiazole rings is 1. The first-order valence-electron chi connectivity index (χ1n) is 8.79. The van der Waals surface area contributed by atoms with Crippen molar-refractivity contribution in [3.63, 3.8) is 0 Å². The van der Waals surface area contributed by atoms with Crippen LogP contribution < -0.4 is 0 Å². The first-order valence-corrected chi connectivity index (χ1v) is 10.4. The van der Waals surface area contributed by atoms with Crippen molar-refractivity contribution >= 4 is 51.2 Å². The molecule has 0 bridgehead atoms. The summed E-state index contributed by atoms with van der Waals surface area (Å²) < 4.78 is 1.13. The Balaban J connectivity index is 1.61. The molecule has 0 aliphatic heterocycles. The number of hydrogen-bond donors (Lipinski definition) is 0. The van der Waals surface area contributed by atoms with E-state index in [2.05, 4.69) is 40.9 Å². The molecule has 2 aromatic carbocycles. The van der Waals surface area contributed by atoms with Crippen LogP contribution in [0.3, 0.4) is 0 Å². The highest BCUT2D eigenvalue weighted by Crippen LogP contribution is 2.34. The smallest absolute Gasteiger partial charge is 0.258 e. The van der Waals surface area contributed by atoms with Gasteiger partial charge in [0.1, 0.15) is 5.01 Å². The van der Waals surface area contributed by atoms with Gasteiger partial charge in [-0.25, -0.2) is 15.0 Å². The Hall–Kier alpha value is -3.10. The van der Waals surface area contributed by atoms with E-state index in [1.54, 1.807) is 41.9 Å². The summed E-state index contributed by atoms with van der Waals surface area (Å²) in [4.78, 5) is 24.5. The van der Waals surface area contributed by atoms with E-state index in [-0.39, 0.29) is 10.6 Å². The summed E-state index contributed by atoms with van der Waals surface area (Å²) in [6, 6.07) is 11.1. The monoisotopic (exact) mass is 420 g/mol. The van der Waals surface area contributed by atoms with Crippen LogP contribution in [0.5, 0.6) is 0 Å². The zero-order valence-corrected chi connectivity index (χ0v) is 17.3. The van der Waals surface area contributed by atoms with Gasteiger partial charge >= 0.3 is 0 Å². The van der Waals surface area contributed by atoms with Gasteiger partial charge < -0.3 is 0 Å². The highest BCUT2D eigenvalue weighted by molar-refractivity contribution is 7.99. The number of nitro benzene ring substituents is 1. The van der Waals surface area contributed by atoms with Gasteiger partial charge in [-0.3, -0.25) is 10.1 Å². The first-order chi connectivity index (χ1) is 14.0. The number of hydrogen-bond acceptors (Lipinski definition) is 7. The standard InChI is InChI=1S/C21H16N4O2S2/c1-13-10-16-19(11-14(13)2)28-20(24-16)7-5-15-4-6-18(17(12-15)25(26)27)29-21-22-8-3-9-23-21/h3-12H,1-2H3. The maximum absolute atomic E-state index is 11.5. The minimum absolute atomic E-state index is 0.0279. The molecule has 6 nitrogen and oxygen atoms in total. The van der Waals surface area contributed by atoms with E-state index in [0.717, 1.165) is 20.8 Å². The van der Waals surface area contributed by atoms with Crippen molar-refractivity contribution in [2.75, 3.05) is 0 Å². The highest BCUT2D eigenvalue weighted by Gasteiger charge is 2.16. The second kappa shape index (κ2) is 8.10. The van der Waals surface area contributed by atoms with Gasteiger partial charge in [-0.2, -0.15) is 0 Å². The maximum atomic E-state index is 11.5. The third kappa shape index (κ3) is 4.33. The SMILES string of the molecule is Cc1cc2nc(C=Cc3ccc(Sc4ncccn4)c([N+](=O)[O-])c3)sc2cc1C. The molecule has 2 aromatic heterocycles. The summed E-state index contributed by atoms with van der Waals surface area (Å²) in [5.74, 6) is 0. The molecule has 2 heterocycles. The van der Waals surface area contributed by atoms with Crippen molar-refractivity contribution in [1.82, 2.24) is 15.0 Å². The Morgan fingerprint density at radius 3 is 2.59 bits per heavy atom. The second-order valence-corrected chi connectivity index (χ2v) is 8.48. The molecule has 8 heteroatoms.